The molecule has 1 amide bonds. The number of amides is 1. The fourth-order valence-corrected chi connectivity index (χ4v) is 2.92. The Hall–Kier alpha value is -3.60. The van der Waals surface area contributed by atoms with Crippen molar-refractivity contribution in [2.45, 2.75) is 0 Å². The molecule has 0 aliphatic rings. The van der Waals surface area contributed by atoms with E-state index >= 15 is 0 Å². The third-order valence-corrected chi connectivity index (χ3v) is 4.31. The number of aryl methyl sites for hydroxylation is 1. The van der Waals surface area contributed by atoms with Gasteiger partial charge in [0.25, 0.3) is 5.91 Å². The Morgan fingerprint density at radius 2 is 1.85 bits per heavy atom. The zero-order valence-electron chi connectivity index (χ0n) is 14.3. The van der Waals surface area contributed by atoms with E-state index in [0.717, 1.165) is 27.8 Å². The Bertz CT molecular complexity index is 1100. The van der Waals surface area contributed by atoms with E-state index in [2.05, 4.69) is 15.5 Å². The van der Waals surface area contributed by atoms with Crippen molar-refractivity contribution in [1.82, 2.24) is 14.8 Å². The van der Waals surface area contributed by atoms with Crippen molar-refractivity contribution in [3.8, 4) is 0 Å². The molecular formula is C21H18N4O. The summed E-state index contributed by atoms with van der Waals surface area (Å²) in [5, 5.41) is 11.4. The zero-order chi connectivity index (χ0) is 17.9. The lowest BCUT2D eigenvalue weighted by Crippen LogP contribution is -2.15. The van der Waals surface area contributed by atoms with Gasteiger partial charge in [0.1, 0.15) is 5.69 Å². The van der Waals surface area contributed by atoms with E-state index in [1.807, 2.05) is 80.0 Å². The lowest BCUT2D eigenvalue weighted by atomic mass is 10.1. The number of carbonyl (C=O) groups excluding carboxylic acids is 1. The van der Waals surface area contributed by atoms with E-state index in [1.165, 1.54) is 0 Å². The average molecular weight is 342 g/mol. The van der Waals surface area contributed by atoms with Gasteiger partial charge >= 0.3 is 0 Å². The maximum Gasteiger partial charge on any atom is 0.272 e. The number of aromatic amines is 1. The van der Waals surface area contributed by atoms with Gasteiger partial charge in [0.15, 0.2) is 0 Å². The minimum atomic E-state index is -0.136. The standard InChI is InChI=1S/C21H18N4O/c1-25-14-6-11-20(25)21(26)22-17-9-4-2-7-15(17)12-13-19-16-8-3-5-10-18(16)23-24-19/h2-14H,1H3,(H,22,26)(H,23,24). The van der Waals surface area contributed by atoms with Gasteiger partial charge in [-0.2, -0.15) is 5.10 Å². The summed E-state index contributed by atoms with van der Waals surface area (Å²) >= 11 is 0. The molecule has 0 radical (unpaired) electrons. The molecule has 0 saturated carbocycles. The molecule has 0 unspecified atom stereocenters. The zero-order valence-corrected chi connectivity index (χ0v) is 14.3. The maximum absolute atomic E-state index is 12.5. The second-order valence-electron chi connectivity index (χ2n) is 6.03. The second kappa shape index (κ2) is 6.72. The molecule has 128 valence electrons. The van der Waals surface area contributed by atoms with Gasteiger partial charge in [-0.15, -0.1) is 0 Å². The first-order chi connectivity index (χ1) is 12.7. The summed E-state index contributed by atoms with van der Waals surface area (Å²) < 4.78 is 1.80. The van der Waals surface area contributed by atoms with Gasteiger partial charge in [-0.1, -0.05) is 42.5 Å². The van der Waals surface area contributed by atoms with Crippen molar-refractivity contribution in [2.24, 2.45) is 7.05 Å². The first-order valence-electron chi connectivity index (χ1n) is 8.35. The van der Waals surface area contributed by atoms with Crippen LogP contribution in [0.15, 0.2) is 66.9 Å². The quantitative estimate of drug-likeness (QED) is 0.580. The third-order valence-electron chi connectivity index (χ3n) is 4.31. The van der Waals surface area contributed by atoms with Crippen LogP contribution in [0.4, 0.5) is 5.69 Å². The van der Waals surface area contributed by atoms with Crippen molar-refractivity contribution in [1.29, 1.82) is 0 Å². The molecule has 2 aromatic carbocycles. The fourth-order valence-electron chi connectivity index (χ4n) is 2.92. The number of nitrogens with zero attached hydrogens (tertiary/aromatic N) is 2. The summed E-state index contributed by atoms with van der Waals surface area (Å²) in [5.74, 6) is -0.136. The number of rotatable bonds is 4. The minimum absolute atomic E-state index is 0.136. The Morgan fingerprint density at radius 3 is 2.69 bits per heavy atom. The van der Waals surface area contributed by atoms with Gasteiger partial charge in [-0.3, -0.25) is 9.89 Å². The average Bonchev–Trinajstić information content (AvgIpc) is 3.27. The van der Waals surface area contributed by atoms with Crippen LogP contribution in [-0.2, 0) is 7.05 Å². The van der Waals surface area contributed by atoms with E-state index in [9.17, 15) is 4.79 Å². The summed E-state index contributed by atoms with van der Waals surface area (Å²) in [4.78, 5) is 12.5. The van der Waals surface area contributed by atoms with Crippen molar-refractivity contribution >= 4 is 34.6 Å². The number of anilines is 1. The fraction of sp³-hybridized carbons (Fsp3) is 0.0476. The SMILES string of the molecule is Cn1cccc1C(=O)Nc1ccccc1C=Cc1n[nH]c2ccccc12. The van der Waals surface area contributed by atoms with E-state index in [1.54, 1.807) is 10.6 Å². The van der Waals surface area contributed by atoms with E-state index < -0.39 is 0 Å². The first-order valence-corrected chi connectivity index (χ1v) is 8.35. The smallest absolute Gasteiger partial charge is 0.272 e. The Labute approximate surface area is 151 Å². The van der Waals surface area contributed by atoms with Crippen LogP contribution in [0.1, 0.15) is 21.7 Å². The molecule has 0 aliphatic carbocycles. The highest BCUT2D eigenvalue weighted by Crippen LogP contribution is 2.21. The van der Waals surface area contributed by atoms with Crippen LogP contribution >= 0.6 is 0 Å². The second-order valence-corrected chi connectivity index (χ2v) is 6.03. The van der Waals surface area contributed by atoms with Crippen LogP contribution in [0.25, 0.3) is 23.1 Å². The molecule has 0 fully saturated rings. The van der Waals surface area contributed by atoms with Crippen LogP contribution in [0.5, 0.6) is 0 Å². The summed E-state index contributed by atoms with van der Waals surface area (Å²) in [6.45, 7) is 0. The van der Waals surface area contributed by atoms with E-state index in [0.29, 0.717) is 5.69 Å². The molecule has 0 saturated heterocycles. The number of para-hydroxylation sites is 2. The molecule has 26 heavy (non-hydrogen) atoms. The number of hydrogen-bond acceptors (Lipinski definition) is 2. The molecule has 0 aliphatic heterocycles. The largest absolute Gasteiger partial charge is 0.347 e. The van der Waals surface area contributed by atoms with Gasteiger partial charge in [-0.25, -0.2) is 0 Å². The van der Waals surface area contributed by atoms with Crippen LogP contribution in [0.3, 0.4) is 0 Å². The van der Waals surface area contributed by atoms with Crippen molar-refractivity contribution in [3.05, 3.63) is 83.8 Å². The number of benzene rings is 2. The Morgan fingerprint density at radius 1 is 1.04 bits per heavy atom. The van der Waals surface area contributed by atoms with Gasteiger partial charge < -0.3 is 9.88 Å². The number of H-pyrrole nitrogens is 1. The maximum atomic E-state index is 12.5. The van der Waals surface area contributed by atoms with Crippen molar-refractivity contribution in [3.63, 3.8) is 0 Å². The number of nitrogens with one attached hydrogen (secondary N) is 2. The predicted molar refractivity (Wildman–Crippen MR) is 105 cm³/mol. The summed E-state index contributed by atoms with van der Waals surface area (Å²) in [5.41, 5.74) is 4.15. The summed E-state index contributed by atoms with van der Waals surface area (Å²) in [7, 11) is 1.85. The molecule has 2 N–H and O–H groups in total. The topological polar surface area (TPSA) is 62.7 Å². The van der Waals surface area contributed by atoms with E-state index in [4.69, 9.17) is 0 Å². The highest BCUT2D eigenvalue weighted by atomic mass is 16.1. The number of fused-ring (bicyclic) bond motifs is 1. The molecular weight excluding hydrogens is 324 g/mol. The minimum Gasteiger partial charge on any atom is -0.347 e. The van der Waals surface area contributed by atoms with Gasteiger partial charge in [0.2, 0.25) is 0 Å². The highest BCUT2D eigenvalue weighted by Gasteiger charge is 2.10. The molecule has 0 bridgehead atoms. The third kappa shape index (κ3) is 3.02. The molecule has 0 spiro atoms. The van der Waals surface area contributed by atoms with Crippen LogP contribution in [-0.4, -0.2) is 20.7 Å². The number of carbonyl (C=O) groups is 1. The van der Waals surface area contributed by atoms with Gasteiger partial charge in [-0.05, 0) is 35.9 Å². The monoisotopic (exact) mass is 342 g/mol. The number of aromatic nitrogens is 3. The molecule has 5 nitrogen and oxygen atoms in total. The normalized spacial score (nSPS) is 11.3. The first kappa shape index (κ1) is 15.9. The van der Waals surface area contributed by atoms with Crippen LogP contribution < -0.4 is 5.32 Å². The lowest BCUT2D eigenvalue weighted by Gasteiger charge is -2.09. The molecule has 4 aromatic rings. The summed E-state index contributed by atoms with van der Waals surface area (Å²) in [6.07, 6.45) is 5.76. The molecule has 5 heteroatoms. The van der Waals surface area contributed by atoms with Gasteiger partial charge in [0.05, 0.1) is 11.2 Å². The summed E-state index contributed by atoms with van der Waals surface area (Å²) in [6, 6.07) is 19.3. The van der Waals surface area contributed by atoms with E-state index in [-0.39, 0.29) is 5.91 Å². The lowest BCUT2D eigenvalue weighted by molar-refractivity contribution is 0.101. The predicted octanol–water partition coefficient (Wildman–Crippen LogP) is 4.32. The highest BCUT2D eigenvalue weighted by molar-refractivity contribution is 6.04. The molecule has 4 rings (SSSR count). The Balaban J connectivity index is 1.62. The Kier molecular flexibility index (Phi) is 4.11. The molecule has 0 atom stereocenters. The number of hydrogen-bond donors (Lipinski definition) is 2. The molecule has 2 aromatic heterocycles. The van der Waals surface area contributed by atoms with Crippen molar-refractivity contribution in [2.75, 3.05) is 5.32 Å². The van der Waals surface area contributed by atoms with Crippen LogP contribution in [0.2, 0.25) is 0 Å². The van der Waals surface area contributed by atoms with Crippen LogP contribution in [0, 0.1) is 0 Å². The van der Waals surface area contributed by atoms with Gasteiger partial charge in [0, 0.05) is 24.3 Å². The molecule has 2 heterocycles. The van der Waals surface area contributed by atoms with Crippen molar-refractivity contribution < 1.29 is 4.79 Å².